The molecule has 0 bridgehead atoms. The van der Waals surface area contributed by atoms with Crippen molar-refractivity contribution in [1.82, 2.24) is 4.98 Å². The number of benzene rings is 3. The number of aromatic nitrogens is 1. The fraction of sp³-hybridized carbons (Fsp3) is 0.136. The highest BCUT2D eigenvalue weighted by Gasteiger charge is 2.21. The molecule has 5 rings (SSSR count). The van der Waals surface area contributed by atoms with E-state index in [9.17, 15) is 0 Å². The fourth-order valence-corrected chi connectivity index (χ4v) is 3.71. The topological polar surface area (TPSA) is 24.9 Å². The molecular formula is C22H18N2. The van der Waals surface area contributed by atoms with E-state index in [1.54, 1.807) is 0 Å². The van der Waals surface area contributed by atoms with E-state index in [4.69, 9.17) is 4.98 Å². The molecule has 0 atom stereocenters. The number of fused-ring (bicyclic) bond motifs is 4. The predicted octanol–water partition coefficient (Wildman–Crippen LogP) is 6.24. The summed E-state index contributed by atoms with van der Waals surface area (Å²) in [4.78, 5) is 4.72. The minimum absolute atomic E-state index is 0.498. The van der Waals surface area contributed by atoms with E-state index in [0.29, 0.717) is 5.92 Å². The van der Waals surface area contributed by atoms with Gasteiger partial charge in [-0.3, -0.25) is 4.98 Å². The molecule has 2 heteroatoms. The number of nitrogens with one attached hydrogen (secondary N) is 1. The Bertz CT molecular complexity index is 1110. The highest BCUT2D eigenvalue weighted by molar-refractivity contribution is 6.15. The van der Waals surface area contributed by atoms with Crippen molar-refractivity contribution in [3.05, 3.63) is 66.4 Å². The lowest BCUT2D eigenvalue weighted by Crippen LogP contribution is -2.04. The second-order valence-corrected chi connectivity index (χ2v) is 6.82. The van der Waals surface area contributed by atoms with Crippen LogP contribution < -0.4 is 5.32 Å². The Kier molecular flexibility index (Phi) is 2.72. The molecular weight excluding hydrogens is 292 g/mol. The van der Waals surface area contributed by atoms with Crippen LogP contribution in [0.15, 0.2) is 60.8 Å². The van der Waals surface area contributed by atoms with Gasteiger partial charge in [0.15, 0.2) is 0 Å². The summed E-state index contributed by atoms with van der Waals surface area (Å²) in [5, 5.41) is 8.68. The first-order valence-electron chi connectivity index (χ1n) is 8.44. The van der Waals surface area contributed by atoms with Crippen molar-refractivity contribution in [2.45, 2.75) is 19.8 Å². The number of rotatable bonds is 1. The maximum Gasteiger partial charge on any atom is 0.0822 e. The number of hydrogen-bond acceptors (Lipinski definition) is 2. The van der Waals surface area contributed by atoms with Gasteiger partial charge in [0, 0.05) is 28.2 Å². The average molecular weight is 310 g/mol. The van der Waals surface area contributed by atoms with Gasteiger partial charge in [-0.1, -0.05) is 56.3 Å². The van der Waals surface area contributed by atoms with E-state index in [-0.39, 0.29) is 0 Å². The van der Waals surface area contributed by atoms with Crippen LogP contribution >= 0.6 is 0 Å². The number of nitrogens with zero attached hydrogens (tertiary/aromatic N) is 1. The summed E-state index contributed by atoms with van der Waals surface area (Å²) in [5.74, 6) is 0.498. The Hall–Kier alpha value is -2.87. The smallest absolute Gasteiger partial charge is 0.0822 e. The zero-order chi connectivity index (χ0) is 16.3. The molecule has 0 saturated carbocycles. The van der Waals surface area contributed by atoms with Crippen LogP contribution in [0.4, 0.5) is 11.4 Å². The van der Waals surface area contributed by atoms with Gasteiger partial charge in [0.2, 0.25) is 0 Å². The van der Waals surface area contributed by atoms with Crippen LogP contribution in [0.25, 0.3) is 32.8 Å². The van der Waals surface area contributed by atoms with Crippen molar-refractivity contribution in [2.24, 2.45) is 0 Å². The van der Waals surface area contributed by atoms with Gasteiger partial charge < -0.3 is 5.32 Å². The summed E-state index contributed by atoms with van der Waals surface area (Å²) in [7, 11) is 0. The van der Waals surface area contributed by atoms with Gasteiger partial charge in [-0.15, -0.1) is 0 Å². The lowest BCUT2D eigenvalue weighted by molar-refractivity contribution is 0.869. The van der Waals surface area contributed by atoms with Crippen LogP contribution in [0.5, 0.6) is 0 Å². The lowest BCUT2D eigenvalue weighted by Gasteiger charge is -2.24. The first-order valence-corrected chi connectivity index (χ1v) is 8.44. The second-order valence-electron chi connectivity index (χ2n) is 6.82. The predicted molar refractivity (Wildman–Crippen MR) is 102 cm³/mol. The minimum Gasteiger partial charge on any atom is -0.354 e. The molecule has 0 unspecified atom stereocenters. The molecule has 116 valence electrons. The van der Waals surface area contributed by atoms with E-state index in [2.05, 4.69) is 73.8 Å². The summed E-state index contributed by atoms with van der Waals surface area (Å²) in [6, 6.07) is 19.6. The highest BCUT2D eigenvalue weighted by atomic mass is 14.9. The quantitative estimate of drug-likeness (QED) is 0.396. The van der Waals surface area contributed by atoms with Crippen LogP contribution in [-0.2, 0) is 0 Å². The molecule has 1 aliphatic heterocycles. The Morgan fingerprint density at radius 3 is 2.67 bits per heavy atom. The summed E-state index contributed by atoms with van der Waals surface area (Å²) < 4.78 is 0. The number of pyridine rings is 1. The third kappa shape index (κ3) is 1.80. The normalized spacial score (nSPS) is 12.5. The van der Waals surface area contributed by atoms with Crippen molar-refractivity contribution in [3.8, 4) is 11.3 Å². The highest BCUT2D eigenvalue weighted by Crippen LogP contribution is 2.46. The molecule has 1 N–H and O–H groups in total. The largest absolute Gasteiger partial charge is 0.354 e. The third-order valence-corrected chi connectivity index (χ3v) is 5.00. The van der Waals surface area contributed by atoms with E-state index in [0.717, 1.165) is 5.69 Å². The Morgan fingerprint density at radius 1 is 0.917 bits per heavy atom. The van der Waals surface area contributed by atoms with Crippen LogP contribution in [0.2, 0.25) is 0 Å². The van der Waals surface area contributed by atoms with Gasteiger partial charge in [-0.25, -0.2) is 0 Å². The first-order chi connectivity index (χ1) is 11.7. The van der Waals surface area contributed by atoms with Crippen molar-refractivity contribution < 1.29 is 0 Å². The maximum atomic E-state index is 4.72. The zero-order valence-electron chi connectivity index (χ0n) is 13.8. The lowest BCUT2D eigenvalue weighted by atomic mass is 9.91. The molecule has 0 spiro atoms. The molecule has 1 aliphatic rings. The summed E-state index contributed by atoms with van der Waals surface area (Å²) >= 11 is 0. The standard InChI is InChI=1S/C22H18N2/c1-13(2)16-11-15-9-10-23-22-18-8-7-14-5-3-4-6-17(14)21(18)24-19(12-16)20(15)22/h3-13,24H,1-2H3. The molecule has 3 aromatic carbocycles. The molecule has 0 aliphatic carbocycles. The third-order valence-electron chi connectivity index (χ3n) is 5.00. The summed E-state index contributed by atoms with van der Waals surface area (Å²) in [6.07, 6.45) is 1.93. The van der Waals surface area contributed by atoms with Gasteiger partial charge in [0.1, 0.15) is 0 Å². The maximum absolute atomic E-state index is 4.72. The number of hydrogen-bond donors (Lipinski definition) is 1. The van der Waals surface area contributed by atoms with Gasteiger partial charge in [-0.05, 0) is 34.4 Å². The van der Waals surface area contributed by atoms with Gasteiger partial charge in [0.05, 0.1) is 11.4 Å². The van der Waals surface area contributed by atoms with Crippen LogP contribution in [-0.4, -0.2) is 4.98 Å². The van der Waals surface area contributed by atoms with Gasteiger partial charge in [0.25, 0.3) is 0 Å². The van der Waals surface area contributed by atoms with E-state index >= 15 is 0 Å². The molecule has 2 nitrogen and oxygen atoms in total. The Balaban J connectivity index is 1.90. The molecule has 0 fully saturated rings. The van der Waals surface area contributed by atoms with E-state index < -0.39 is 0 Å². The van der Waals surface area contributed by atoms with E-state index in [1.807, 2.05) is 6.20 Å². The fourth-order valence-electron chi connectivity index (χ4n) is 3.71. The molecule has 0 amide bonds. The monoisotopic (exact) mass is 310 g/mol. The zero-order valence-corrected chi connectivity index (χ0v) is 13.8. The van der Waals surface area contributed by atoms with Crippen LogP contribution in [0.1, 0.15) is 25.3 Å². The van der Waals surface area contributed by atoms with Crippen molar-refractivity contribution in [2.75, 3.05) is 5.32 Å². The number of anilines is 2. The molecule has 2 heterocycles. The minimum atomic E-state index is 0.498. The molecule has 24 heavy (non-hydrogen) atoms. The average Bonchev–Trinajstić information content (AvgIpc) is 2.61. The molecule has 1 aromatic heterocycles. The van der Waals surface area contributed by atoms with Gasteiger partial charge in [-0.2, -0.15) is 0 Å². The summed E-state index contributed by atoms with van der Waals surface area (Å²) in [5.41, 5.74) is 5.96. The van der Waals surface area contributed by atoms with Crippen LogP contribution in [0.3, 0.4) is 0 Å². The molecule has 0 radical (unpaired) electrons. The van der Waals surface area contributed by atoms with Gasteiger partial charge >= 0.3 is 0 Å². The SMILES string of the molecule is CC(C)c1cc2c3c(nccc3c1)-c1ccc3ccccc3c1N2. The van der Waals surface area contributed by atoms with Crippen molar-refractivity contribution >= 4 is 32.9 Å². The summed E-state index contributed by atoms with van der Waals surface area (Å²) in [6.45, 7) is 4.48. The second kappa shape index (κ2) is 4.81. The van der Waals surface area contributed by atoms with Crippen molar-refractivity contribution in [1.29, 1.82) is 0 Å². The van der Waals surface area contributed by atoms with Crippen LogP contribution in [0, 0.1) is 0 Å². The first kappa shape index (κ1) is 13.6. The van der Waals surface area contributed by atoms with E-state index in [1.165, 1.54) is 44.0 Å². The molecule has 4 aromatic rings. The van der Waals surface area contributed by atoms with Crippen molar-refractivity contribution in [3.63, 3.8) is 0 Å². The molecule has 0 saturated heterocycles. The Morgan fingerprint density at radius 2 is 1.79 bits per heavy atom. The Labute approximate surface area is 141 Å².